The monoisotopic (exact) mass is 217 g/mol. The lowest BCUT2D eigenvalue weighted by molar-refractivity contribution is -0.118. The third kappa shape index (κ3) is 2.89. The fraction of sp³-hybridized carbons (Fsp3) is 0.273. The number of nitrogens with one attached hydrogen (secondary N) is 1. The molecular formula is C11H11N3O2. The Balaban J connectivity index is 2.74. The summed E-state index contributed by atoms with van der Waals surface area (Å²) in [5.41, 5.74) is 0.572. The molecule has 82 valence electrons. The Hall–Kier alpha value is -2.22. The molecule has 5 nitrogen and oxygen atoms in total. The normalized spacial score (nSPS) is 11.3. The zero-order chi connectivity index (χ0) is 12.1. The van der Waals surface area contributed by atoms with E-state index >= 15 is 0 Å². The molecule has 0 bridgehead atoms. The smallest absolute Gasteiger partial charge is 0.270 e. The highest BCUT2D eigenvalue weighted by Gasteiger charge is 2.13. The van der Waals surface area contributed by atoms with E-state index in [1.807, 2.05) is 6.07 Å². The lowest BCUT2D eigenvalue weighted by Crippen LogP contribution is -2.37. The molecule has 1 amide bonds. The largest absolute Gasteiger partial charge is 0.341 e. The van der Waals surface area contributed by atoms with Gasteiger partial charge in [-0.1, -0.05) is 0 Å². The predicted octanol–water partition coefficient (Wildman–Crippen LogP) is 0.661. The van der Waals surface area contributed by atoms with Crippen LogP contribution in [0.3, 0.4) is 0 Å². The fourth-order valence-electron chi connectivity index (χ4n) is 0.967. The standard InChI is InChI=1S/C11H11N3O2/c1-7(8(2)15)14-11(16)10-4-3-9(5-12)6-13-10/h3-4,6-7H,1-2H3,(H,14,16). The highest BCUT2D eigenvalue weighted by Crippen LogP contribution is 1.99. The summed E-state index contributed by atoms with van der Waals surface area (Å²) in [5, 5.41) is 11.0. The third-order valence-electron chi connectivity index (χ3n) is 2.08. The summed E-state index contributed by atoms with van der Waals surface area (Å²) in [4.78, 5) is 26.3. The molecule has 1 aromatic heterocycles. The average Bonchev–Trinajstić information content (AvgIpc) is 2.28. The molecule has 0 fully saturated rings. The van der Waals surface area contributed by atoms with Gasteiger partial charge < -0.3 is 5.32 Å². The molecule has 0 radical (unpaired) electrons. The summed E-state index contributed by atoms with van der Waals surface area (Å²) in [6, 6.07) is 4.31. The van der Waals surface area contributed by atoms with Crippen molar-refractivity contribution in [3.63, 3.8) is 0 Å². The van der Waals surface area contributed by atoms with Crippen molar-refractivity contribution in [2.24, 2.45) is 0 Å². The molecule has 1 unspecified atom stereocenters. The number of aromatic nitrogens is 1. The van der Waals surface area contributed by atoms with Crippen molar-refractivity contribution in [3.8, 4) is 6.07 Å². The van der Waals surface area contributed by atoms with Gasteiger partial charge in [-0.05, 0) is 26.0 Å². The minimum Gasteiger partial charge on any atom is -0.341 e. The molecule has 5 heteroatoms. The molecule has 1 N–H and O–H groups in total. The van der Waals surface area contributed by atoms with Crippen LogP contribution in [-0.4, -0.2) is 22.7 Å². The Kier molecular flexibility index (Phi) is 3.72. The topological polar surface area (TPSA) is 82.9 Å². The van der Waals surface area contributed by atoms with Gasteiger partial charge in [-0.15, -0.1) is 0 Å². The van der Waals surface area contributed by atoms with Gasteiger partial charge in [-0.2, -0.15) is 5.26 Å². The van der Waals surface area contributed by atoms with Crippen LogP contribution in [0.2, 0.25) is 0 Å². The molecule has 0 aliphatic heterocycles. The van der Waals surface area contributed by atoms with Gasteiger partial charge in [0.15, 0.2) is 5.78 Å². The minimum absolute atomic E-state index is 0.123. The fourth-order valence-corrected chi connectivity index (χ4v) is 0.967. The number of nitriles is 1. The second-order valence-electron chi connectivity index (χ2n) is 3.35. The highest BCUT2D eigenvalue weighted by atomic mass is 16.2. The summed E-state index contributed by atoms with van der Waals surface area (Å²) in [6.45, 7) is 3.00. The zero-order valence-electron chi connectivity index (χ0n) is 9.02. The van der Waals surface area contributed by atoms with Crippen LogP contribution < -0.4 is 5.32 Å². The van der Waals surface area contributed by atoms with E-state index in [0.29, 0.717) is 5.56 Å². The molecule has 1 heterocycles. The van der Waals surface area contributed by atoms with E-state index in [1.165, 1.54) is 25.3 Å². The zero-order valence-corrected chi connectivity index (χ0v) is 9.02. The number of hydrogen-bond donors (Lipinski definition) is 1. The Bertz CT molecular complexity index is 445. The van der Waals surface area contributed by atoms with Gasteiger partial charge in [0.1, 0.15) is 11.8 Å². The molecule has 0 aromatic carbocycles. The van der Waals surface area contributed by atoms with Crippen molar-refractivity contribution < 1.29 is 9.59 Å². The van der Waals surface area contributed by atoms with Crippen molar-refractivity contribution >= 4 is 11.7 Å². The van der Waals surface area contributed by atoms with E-state index in [2.05, 4.69) is 10.3 Å². The Morgan fingerprint density at radius 3 is 2.62 bits per heavy atom. The van der Waals surface area contributed by atoms with E-state index in [0.717, 1.165) is 0 Å². The van der Waals surface area contributed by atoms with Gasteiger partial charge in [0.2, 0.25) is 0 Å². The van der Waals surface area contributed by atoms with E-state index < -0.39 is 11.9 Å². The number of Topliss-reactive ketones (excluding diaryl/α,β-unsaturated/α-hetero) is 1. The van der Waals surface area contributed by atoms with E-state index in [4.69, 9.17) is 5.26 Å². The van der Waals surface area contributed by atoms with E-state index in [-0.39, 0.29) is 11.5 Å². The van der Waals surface area contributed by atoms with Gasteiger partial charge in [-0.25, -0.2) is 4.98 Å². The minimum atomic E-state index is -0.537. The number of carbonyl (C=O) groups excluding carboxylic acids is 2. The summed E-state index contributed by atoms with van der Waals surface area (Å²) >= 11 is 0. The quantitative estimate of drug-likeness (QED) is 0.806. The Labute approximate surface area is 93.1 Å². The lowest BCUT2D eigenvalue weighted by atomic mass is 10.2. The molecule has 1 atom stereocenters. The summed E-state index contributed by atoms with van der Waals surface area (Å²) in [7, 11) is 0. The van der Waals surface area contributed by atoms with Crippen molar-refractivity contribution in [2.45, 2.75) is 19.9 Å². The molecule has 0 saturated heterocycles. The first-order valence-electron chi connectivity index (χ1n) is 4.72. The van der Waals surface area contributed by atoms with Gasteiger partial charge in [-0.3, -0.25) is 9.59 Å². The van der Waals surface area contributed by atoms with Gasteiger partial charge in [0, 0.05) is 6.20 Å². The summed E-state index contributed by atoms with van der Waals surface area (Å²) in [6.07, 6.45) is 1.31. The van der Waals surface area contributed by atoms with Crippen LogP contribution in [0.25, 0.3) is 0 Å². The van der Waals surface area contributed by atoms with Crippen molar-refractivity contribution in [1.29, 1.82) is 5.26 Å². The number of rotatable bonds is 3. The Morgan fingerprint density at radius 1 is 1.50 bits per heavy atom. The second kappa shape index (κ2) is 5.03. The van der Waals surface area contributed by atoms with Crippen LogP contribution in [0, 0.1) is 11.3 Å². The molecule has 1 rings (SSSR count). The number of carbonyl (C=O) groups is 2. The van der Waals surface area contributed by atoms with Gasteiger partial charge >= 0.3 is 0 Å². The Morgan fingerprint density at radius 2 is 2.19 bits per heavy atom. The van der Waals surface area contributed by atoms with Crippen LogP contribution in [0.5, 0.6) is 0 Å². The van der Waals surface area contributed by atoms with Gasteiger partial charge in [0.05, 0.1) is 11.6 Å². The molecular weight excluding hydrogens is 206 g/mol. The van der Waals surface area contributed by atoms with Crippen LogP contribution in [0.1, 0.15) is 29.9 Å². The number of nitrogens with zero attached hydrogens (tertiary/aromatic N) is 2. The van der Waals surface area contributed by atoms with Crippen molar-refractivity contribution in [2.75, 3.05) is 0 Å². The molecule has 1 aromatic rings. The first-order chi connectivity index (χ1) is 7.54. The van der Waals surface area contributed by atoms with Crippen molar-refractivity contribution in [3.05, 3.63) is 29.6 Å². The lowest BCUT2D eigenvalue weighted by Gasteiger charge is -2.09. The first-order valence-corrected chi connectivity index (χ1v) is 4.72. The SMILES string of the molecule is CC(=O)C(C)NC(=O)c1ccc(C#N)cn1. The van der Waals surface area contributed by atoms with Crippen LogP contribution in [0.4, 0.5) is 0 Å². The number of amides is 1. The number of pyridine rings is 1. The summed E-state index contributed by atoms with van der Waals surface area (Å²) < 4.78 is 0. The molecule has 0 spiro atoms. The highest BCUT2D eigenvalue weighted by molar-refractivity contribution is 5.95. The molecule has 0 saturated carbocycles. The third-order valence-corrected chi connectivity index (χ3v) is 2.08. The van der Waals surface area contributed by atoms with Crippen LogP contribution in [0.15, 0.2) is 18.3 Å². The predicted molar refractivity (Wildman–Crippen MR) is 56.6 cm³/mol. The maximum Gasteiger partial charge on any atom is 0.270 e. The van der Waals surface area contributed by atoms with Crippen LogP contribution in [-0.2, 0) is 4.79 Å². The van der Waals surface area contributed by atoms with Gasteiger partial charge in [0.25, 0.3) is 5.91 Å². The number of hydrogen-bond acceptors (Lipinski definition) is 4. The maximum absolute atomic E-state index is 11.6. The molecule has 0 aliphatic carbocycles. The van der Waals surface area contributed by atoms with Crippen molar-refractivity contribution in [1.82, 2.24) is 10.3 Å². The maximum atomic E-state index is 11.6. The number of ketones is 1. The van der Waals surface area contributed by atoms with E-state index in [9.17, 15) is 9.59 Å². The molecule has 16 heavy (non-hydrogen) atoms. The molecule has 0 aliphatic rings. The average molecular weight is 217 g/mol. The summed E-state index contributed by atoms with van der Waals surface area (Å²) in [5.74, 6) is -0.547. The second-order valence-corrected chi connectivity index (χ2v) is 3.35. The van der Waals surface area contributed by atoms with Crippen LogP contribution >= 0.6 is 0 Å². The first kappa shape index (κ1) is 11.9. The van der Waals surface area contributed by atoms with E-state index in [1.54, 1.807) is 6.92 Å².